The summed E-state index contributed by atoms with van der Waals surface area (Å²) in [5, 5.41) is 2.51. The van der Waals surface area contributed by atoms with Crippen molar-refractivity contribution >= 4 is 27.8 Å². The molecule has 0 bridgehead atoms. The maximum Gasteiger partial charge on any atom is 0.0468 e. The first kappa shape index (κ1) is 40.9. The Hall–Kier alpha value is -8.52. The summed E-state index contributed by atoms with van der Waals surface area (Å²) in [6.07, 6.45) is 0. The van der Waals surface area contributed by atoms with Gasteiger partial charge in [-0.2, -0.15) is 0 Å². The Kier molecular flexibility index (Phi) is 10.3. The SMILES string of the molecule is CC1(C)c2cc(-c3ccccc3)ccc2-c2ccc(-c3ccc(N(c4ccc(-c5ccccc5)cc4)c4ccc(-c5ccc(-c6ccc7ccccc7c6)cc5)c(-c5ccccc5)c4)cc3)cc21. The van der Waals surface area contributed by atoms with Crippen LogP contribution in [0.1, 0.15) is 25.0 Å². The summed E-state index contributed by atoms with van der Waals surface area (Å²) in [6, 6.07) is 95.6. The van der Waals surface area contributed by atoms with E-state index < -0.39 is 0 Å². The molecule has 0 saturated carbocycles. The van der Waals surface area contributed by atoms with Gasteiger partial charge in [-0.3, -0.25) is 0 Å². The van der Waals surface area contributed by atoms with Gasteiger partial charge in [0.1, 0.15) is 0 Å². The van der Waals surface area contributed by atoms with Gasteiger partial charge >= 0.3 is 0 Å². The van der Waals surface area contributed by atoms with Crippen LogP contribution in [0.5, 0.6) is 0 Å². The fraction of sp³-hybridized carbons (Fsp3) is 0.0448. The third kappa shape index (κ3) is 7.49. The van der Waals surface area contributed by atoms with Gasteiger partial charge in [-0.1, -0.05) is 220 Å². The van der Waals surface area contributed by atoms with Gasteiger partial charge in [0.15, 0.2) is 0 Å². The molecule has 1 aliphatic rings. The molecule has 68 heavy (non-hydrogen) atoms. The fourth-order valence-corrected chi connectivity index (χ4v) is 10.4. The van der Waals surface area contributed by atoms with E-state index in [-0.39, 0.29) is 5.41 Å². The number of rotatable bonds is 9. The summed E-state index contributed by atoms with van der Waals surface area (Å²) in [7, 11) is 0. The molecule has 0 spiro atoms. The quantitative estimate of drug-likeness (QED) is 0.140. The van der Waals surface area contributed by atoms with Crippen LogP contribution in [0.3, 0.4) is 0 Å². The highest BCUT2D eigenvalue weighted by Gasteiger charge is 2.36. The van der Waals surface area contributed by atoms with Gasteiger partial charge in [0.05, 0.1) is 0 Å². The van der Waals surface area contributed by atoms with Gasteiger partial charge in [0.25, 0.3) is 0 Å². The largest absolute Gasteiger partial charge is 0.310 e. The fourth-order valence-electron chi connectivity index (χ4n) is 10.4. The van der Waals surface area contributed by atoms with Crippen molar-refractivity contribution in [3.05, 3.63) is 272 Å². The minimum Gasteiger partial charge on any atom is -0.310 e. The van der Waals surface area contributed by atoms with Gasteiger partial charge in [-0.05, 0) is 154 Å². The molecule has 1 aliphatic carbocycles. The second-order valence-electron chi connectivity index (χ2n) is 18.5. The monoisotopic (exact) mass is 867 g/mol. The van der Waals surface area contributed by atoms with Crippen molar-refractivity contribution in [1.82, 2.24) is 0 Å². The molecule has 0 unspecified atom stereocenters. The van der Waals surface area contributed by atoms with Crippen molar-refractivity contribution in [2.45, 2.75) is 19.3 Å². The molecule has 0 fully saturated rings. The molecule has 0 heterocycles. The summed E-state index contributed by atoms with van der Waals surface area (Å²) in [5.41, 5.74) is 23.0. The van der Waals surface area contributed by atoms with Crippen LogP contribution in [-0.4, -0.2) is 0 Å². The van der Waals surface area contributed by atoms with E-state index >= 15 is 0 Å². The highest BCUT2D eigenvalue weighted by Crippen LogP contribution is 2.51. The maximum absolute atomic E-state index is 2.42. The normalized spacial score (nSPS) is 12.4. The lowest BCUT2D eigenvalue weighted by molar-refractivity contribution is 0.661. The van der Waals surface area contributed by atoms with E-state index in [0.29, 0.717) is 0 Å². The van der Waals surface area contributed by atoms with Crippen LogP contribution in [0.4, 0.5) is 17.1 Å². The van der Waals surface area contributed by atoms with Gasteiger partial charge in [-0.15, -0.1) is 0 Å². The Morgan fingerprint density at radius 1 is 0.235 bits per heavy atom. The van der Waals surface area contributed by atoms with E-state index in [9.17, 15) is 0 Å². The molecule has 11 aromatic carbocycles. The van der Waals surface area contributed by atoms with Crippen molar-refractivity contribution in [3.8, 4) is 77.9 Å². The van der Waals surface area contributed by atoms with Crippen LogP contribution >= 0.6 is 0 Å². The van der Waals surface area contributed by atoms with Crippen molar-refractivity contribution in [2.24, 2.45) is 0 Å². The van der Waals surface area contributed by atoms with Crippen molar-refractivity contribution < 1.29 is 0 Å². The third-order valence-corrected chi connectivity index (χ3v) is 14.1. The average Bonchev–Trinajstić information content (AvgIpc) is 3.64. The number of benzene rings is 11. The predicted molar refractivity (Wildman–Crippen MR) is 289 cm³/mol. The van der Waals surface area contributed by atoms with E-state index in [2.05, 4.69) is 280 Å². The summed E-state index contributed by atoms with van der Waals surface area (Å²) in [4.78, 5) is 2.39. The molecule has 322 valence electrons. The predicted octanol–water partition coefficient (Wildman–Crippen LogP) is 18.6. The minimum absolute atomic E-state index is 0.129. The Morgan fingerprint density at radius 2 is 0.588 bits per heavy atom. The van der Waals surface area contributed by atoms with Gasteiger partial charge < -0.3 is 4.90 Å². The lowest BCUT2D eigenvalue weighted by atomic mass is 9.81. The molecule has 1 nitrogen and oxygen atoms in total. The van der Waals surface area contributed by atoms with E-state index in [4.69, 9.17) is 0 Å². The maximum atomic E-state index is 2.42. The van der Waals surface area contributed by atoms with E-state index in [1.807, 2.05) is 0 Å². The summed E-state index contributed by atoms with van der Waals surface area (Å²) < 4.78 is 0. The molecule has 0 amide bonds. The zero-order chi connectivity index (χ0) is 45.6. The van der Waals surface area contributed by atoms with Crippen LogP contribution in [0.2, 0.25) is 0 Å². The van der Waals surface area contributed by atoms with Crippen molar-refractivity contribution in [3.63, 3.8) is 0 Å². The molecule has 0 N–H and O–H groups in total. The van der Waals surface area contributed by atoms with Crippen LogP contribution in [0.25, 0.3) is 88.7 Å². The molecule has 0 aromatic heterocycles. The number of anilines is 3. The lowest BCUT2D eigenvalue weighted by Crippen LogP contribution is -2.15. The standard InChI is InChI=1S/C67H49N/c1-67(2)65-43-56(47-16-8-4-9-17-47)32-39-62(65)63-40-33-57(44-66(63)67)51-30-36-59(37-31-51)68(58-34-28-49(29-35-58)46-14-6-3-7-15-46)60-38-41-61(64(45-60)52-19-10-5-11-20-52)53-25-22-50(23-26-53)55-27-24-48-18-12-13-21-54(48)42-55/h3-45H,1-2H3. The minimum atomic E-state index is -0.129. The Labute approximate surface area is 399 Å². The van der Waals surface area contributed by atoms with Gasteiger partial charge in [0, 0.05) is 22.5 Å². The zero-order valence-electron chi connectivity index (χ0n) is 38.3. The van der Waals surface area contributed by atoms with Crippen LogP contribution < -0.4 is 4.90 Å². The Balaban J connectivity index is 0.916. The van der Waals surface area contributed by atoms with Crippen LogP contribution in [-0.2, 0) is 5.41 Å². The second kappa shape index (κ2) is 17.0. The average molecular weight is 868 g/mol. The zero-order valence-corrected chi connectivity index (χ0v) is 38.3. The molecule has 1 heteroatoms. The first-order valence-corrected chi connectivity index (χ1v) is 23.6. The van der Waals surface area contributed by atoms with E-state index in [1.54, 1.807) is 0 Å². The van der Waals surface area contributed by atoms with E-state index in [0.717, 1.165) is 17.1 Å². The van der Waals surface area contributed by atoms with Gasteiger partial charge in [0.2, 0.25) is 0 Å². The molecule has 0 aliphatic heterocycles. The molecule has 0 atom stereocenters. The highest BCUT2D eigenvalue weighted by atomic mass is 15.1. The molecule has 0 saturated heterocycles. The van der Waals surface area contributed by atoms with Crippen LogP contribution in [0.15, 0.2) is 261 Å². The number of nitrogens with zero attached hydrogens (tertiary/aromatic N) is 1. The number of hydrogen-bond donors (Lipinski definition) is 0. The molecular weight excluding hydrogens is 819 g/mol. The molecule has 12 rings (SSSR count). The van der Waals surface area contributed by atoms with Crippen LogP contribution in [0, 0.1) is 0 Å². The van der Waals surface area contributed by atoms with E-state index in [1.165, 1.54) is 99.8 Å². The summed E-state index contributed by atoms with van der Waals surface area (Å²) in [5.74, 6) is 0. The summed E-state index contributed by atoms with van der Waals surface area (Å²) in [6.45, 7) is 4.74. The number of fused-ring (bicyclic) bond motifs is 4. The Morgan fingerprint density at radius 3 is 1.15 bits per heavy atom. The molecular formula is C67H49N. The first-order chi connectivity index (χ1) is 33.4. The topological polar surface area (TPSA) is 3.24 Å². The summed E-state index contributed by atoms with van der Waals surface area (Å²) >= 11 is 0. The second-order valence-corrected chi connectivity index (χ2v) is 18.5. The third-order valence-electron chi connectivity index (χ3n) is 14.1. The van der Waals surface area contributed by atoms with Gasteiger partial charge in [-0.25, -0.2) is 0 Å². The van der Waals surface area contributed by atoms with Crippen molar-refractivity contribution in [1.29, 1.82) is 0 Å². The molecule has 11 aromatic rings. The first-order valence-electron chi connectivity index (χ1n) is 23.6. The smallest absolute Gasteiger partial charge is 0.0468 e. The van der Waals surface area contributed by atoms with Crippen molar-refractivity contribution in [2.75, 3.05) is 4.90 Å². The lowest BCUT2D eigenvalue weighted by Gasteiger charge is -2.27. The number of hydrogen-bond acceptors (Lipinski definition) is 1. The highest BCUT2D eigenvalue weighted by molar-refractivity contribution is 5.92. The Bertz CT molecular complexity index is 3590. The molecule has 0 radical (unpaired) electrons.